The van der Waals surface area contributed by atoms with Crippen molar-refractivity contribution in [3.8, 4) is 5.75 Å². The molecule has 0 radical (unpaired) electrons. The van der Waals surface area contributed by atoms with Crippen molar-refractivity contribution in [1.82, 2.24) is 4.57 Å². The molecule has 0 aliphatic rings. The van der Waals surface area contributed by atoms with Gasteiger partial charge in [0.2, 0.25) is 0 Å². The molecule has 0 aliphatic heterocycles. The molecule has 0 aliphatic carbocycles. The summed E-state index contributed by atoms with van der Waals surface area (Å²) in [7, 11) is 3.60. The number of rotatable bonds is 4. The number of nitrogens with one attached hydrogen (secondary N) is 1. The van der Waals surface area contributed by atoms with Crippen LogP contribution in [-0.4, -0.2) is 11.7 Å². The molecular formula is C15H19FN2O. The number of nitrogens with zero attached hydrogens (tertiary/aromatic N) is 1. The van der Waals surface area contributed by atoms with Crippen LogP contribution in [0.4, 0.5) is 10.1 Å². The fraction of sp³-hybridized carbons (Fsp3) is 0.333. The molecule has 2 rings (SSSR count). The maximum absolute atomic E-state index is 13.7. The van der Waals surface area contributed by atoms with E-state index in [1.54, 1.807) is 19.2 Å². The highest BCUT2D eigenvalue weighted by molar-refractivity contribution is 5.50. The highest BCUT2D eigenvalue weighted by Crippen LogP contribution is 2.22. The lowest BCUT2D eigenvalue weighted by Crippen LogP contribution is -2.03. The topological polar surface area (TPSA) is 26.2 Å². The molecule has 19 heavy (non-hydrogen) atoms. The zero-order valence-electron chi connectivity index (χ0n) is 11.7. The molecule has 1 aromatic heterocycles. The minimum Gasteiger partial charge on any atom is -0.497 e. The SMILES string of the molecule is COc1ccc(F)c(NCc2cc(C)n(C)c2C)c1. The van der Waals surface area contributed by atoms with Crippen LogP contribution in [0.15, 0.2) is 24.3 Å². The van der Waals surface area contributed by atoms with Gasteiger partial charge in [-0.15, -0.1) is 0 Å². The van der Waals surface area contributed by atoms with Gasteiger partial charge in [-0.3, -0.25) is 0 Å². The number of aromatic nitrogens is 1. The molecule has 1 heterocycles. The summed E-state index contributed by atoms with van der Waals surface area (Å²) in [5, 5.41) is 3.12. The molecule has 0 saturated carbocycles. The first kappa shape index (κ1) is 13.5. The molecule has 0 spiro atoms. The summed E-state index contributed by atoms with van der Waals surface area (Å²) < 4.78 is 20.9. The molecule has 2 aromatic rings. The standard InChI is InChI=1S/C15H19FN2O/c1-10-7-12(11(2)18(10)3)9-17-15-8-13(19-4)5-6-14(15)16/h5-8,17H,9H2,1-4H3. The summed E-state index contributed by atoms with van der Waals surface area (Å²) in [6.45, 7) is 4.71. The van der Waals surface area contributed by atoms with E-state index in [1.807, 2.05) is 7.05 Å². The van der Waals surface area contributed by atoms with Gasteiger partial charge in [0.1, 0.15) is 11.6 Å². The van der Waals surface area contributed by atoms with Crippen molar-refractivity contribution < 1.29 is 9.13 Å². The Balaban J connectivity index is 2.16. The second kappa shape index (κ2) is 5.34. The molecule has 0 bridgehead atoms. The van der Waals surface area contributed by atoms with Crippen LogP contribution < -0.4 is 10.1 Å². The zero-order valence-corrected chi connectivity index (χ0v) is 11.7. The minimum absolute atomic E-state index is 0.272. The van der Waals surface area contributed by atoms with Gasteiger partial charge >= 0.3 is 0 Å². The summed E-state index contributed by atoms with van der Waals surface area (Å²) in [4.78, 5) is 0. The average molecular weight is 262 g/mol. The lowest BCUT2D eigenvalue weighted by molar-refractivity contribution is 0.414. The highest BCUT2D eigenvalue weighted by atomic mass is 19.1. The van der Waals surface area contributed by atoms with Crippen molar-refractivity contribution in [2.24, 2.45) is 7.05 Å². The zero-order chi connectivity index (χ0) is 14.0. The molecule has 0 amide bonds. The largest absolute Gasteiger partial charge is 0.497 e. The number of halogens is 1. The summed E-state index contributed by atoms with van der Waals surface area (Å²) in [6, 6.07) is 6.80. The molecule has 1 aromatic carbocycles. The molecule has 1 N–H and O–H groups in total. The number of aryl methyl sites for hydroxylation is 1. The van der Waals surface area contributed by atoms with Crippen molar-refractivity contribution in [3.05, 3.63) is 47.0 Å². The normalized spacial score (nSPS) is 10.6. The first-order chi connectivity index (χ1) is 9.02. The average Bonchev–Trinajstić information content (AvgIpc) is 2.65. The third-order valence-corrected chi connectivity index (χ3v) is 3.52. The number of benzene rings is 1. The Labute approximate surface area is 113 Å². The number of anilines is 1. The van der Waals surface area contributed by atoms with Crippen molar-refractivity contribution in [3.63, 3.8) is 0 Å². The summed E-state index contributed by atoms with van der Waals surface area (Å²) in [5.74, 6) is 0.371. The predicted octanol–water partition coefficient (Wildman–Crippen LogP) is 3.40. The van der Waals surface area contributed by atoms with Crippen molar-refractivity contribution in [1.29, 1.82) is 0 Å². The Hall–Kier alpha value is -1.97. The Morgan fingerprint density at radius 1 is 1.26 bits per heavy atom. The van der Waals surface area contributed by atoms with Gasteiger partial charge in [-0.25, -0.2) is 4.39 Å². The van der Waals surface area contributed by atoms with E-state index in [4.69, 9.17) is 4.74 Å². The predicted molar refractivity (Wildman–Crippen MR) is 75.2 cm³/mol. The number of ether oxygens (including phenoxy) is 1. The Bertz CT molecular complexity index is 590. The molecule has 0 atom stereocenters. The van der Waals surface area contributed by atoms with Gasteiger partial charge in [0.15, 0.2) is 0 Å². The Kier molecular flexibility index (Phi) is 3.79. The van der Waals surface area contributed by atoms with E-state index in [-0.39, 0.29) is 5.82 Å². The van der Waals surface area contributed by atoms with Crippen molar-refractivity contribution in [2.75, 3.05) is 12.4 Å². The van der Waals surface area contributed by atoms with Gasteiger partial charge in [-0.1, -0.05) is 0 Å². The van der Waals surface area contributed by atoms with E-state index in [0.29, 0.717) is 18.0 Å². The molecule has 0 fully saturated rings. The van der Waals surface area contributed by atoms with Gasteiger partial charge < -0.3 is 14.6 Å². The van der Waals surface area contributed by atoms with Crippen LogP contribution in [0.25, 0.3) is 0 Å². The highest BCUT2D eigenvalue weighted by Gasteiger charge is 2.08. The van der Waals surface area contributed by atoms with E-state index >= 15 is 0 Å². The second-order valence-corrected chi connectivity index (χ2v) is 4.65. The smallest absolute Gasteiger partial charge is 0.146 e. The Morgan fingerprint density at radius 2 is 2.00 bits per heavy atom. The summed E-state index contributed by atoms with van der Waals surface area (Å²) >= 11 is 0. The van der Waals surface area contributed by atoms with Crippen LogP contribution in [0, 0.1) is 19.7 Å². The maximum atomic E-state index is 13.7. The fourth-order valence-corrected chi connectivity index (χ4v) is 2.07. The third kappa shape index (κ3) is 2.72. The maximum Gasteiger partial charge on any atom is 0.146 e. The van der Waals surface area contributed by atoms with Crippen LogP contribution in [0.5, 0.6) is 5.75 Å². The molecule has 3 nitrogen and oxygen atoms in total. The first-order valence-corrected chi connectivity index (χ1v) is 6.22. The molecule has 4 heteroatoms. The quantitative estimate of drug-likeness (QED) is 0.914. The molecule has 102 valence electrons. The van der Waals surface area contributed by atoms with Crippen molar-refractivity contribution >= 4 is 5.69 Å². The van der Waals surface area contributed by atoms with Crippen molar-refractivity contribution in [2.45, 2.75) is 20.4 Å². The summed E-state index contributed by atoms with van der Waals surface area (Å²) in [6.07, 6.45) is 0. The van der Waals surface area contributed by atoms with E-state index in [9.17, 15) is 4.39 Å². The van der Waals surface area contributed by atoms with Crippen LogP contribution in [0.2, 0.25) is 0 Å². The second-order valence-electron chi connectivity index (χ2n) is 4.65. The lowest BCUT2D eigenvalue weighted by atomic mass is 10.2. The van der Waals surface area contributed by atoms with Gasteiger partial charge in [-0.2, -0.15) is 0 Å². The van der Waals surface area contributed by atoms with Gasteiger partial charge in [0.25, 0.3) is 0 Å². The van der Waals surface area contributed by atoms with Crippen LogP contribution in [0.1, 0.15) is 17.0 Å². The fourth-order valence-electron chi connectivity index (χ4n) is 2.07. The molecule has 0 saturated heterocycles. The minimum atomic E-state index is -0.272. The van der Waals surface area contributed by atoms with Gasteiger partial charge in [0.05, 0.1) is 12.8 Å². The summed E-state index contributed by atoms with van der Waals surface area (Å²) in [5.41, 5.74) is 4.01. The van der Waals surface area contributed by atoms with E-state index in [0.717, 1.165) is 0 Å². The monoisotopic (exact) mass is 262 g/mol. The molecule has 0 unspecified atom stereocenters. The first-order valence-electron chi connectivity index (χ1n) is 6.22. The lowest BCUT2D eigenvalue weighted by Gasteiger charge is -2.09. The van der Waals surface area contributed by atoms with Crippen LogP contribution in [-0.2, 0) is 13.6 Å². The third-order valence-electron chi connectivity index (χ3n) is 3.52. The van der Waals surface area contributed by atoms with Crippen LogP contribution in [0.3, 0.4) is 0 Å². The molecular weight excluding hydrogens is 243 g/mol. The number of hydrogen-bond donors (Lipinski definition) is 1. The van der Waals surface area contributed by atoms with E-state index in [1.165, 1.54) is 23.0 Å². The van der Waals surface area contributed by atoms with Crippen LogP contribution >= 0.6 is 0 Å². The van der Waals surface area contributed by atoms with E-state index < -0.39 is 0 Å². The van der Waals surface area contributed by atoms with Gasteiger partial charge in [0, 0.05) is 31.0 Å². The van der Waals surface area contributed by atoms with E-state index in [2.05, 4.69) is 29.8 Å². The number of methoxy groups -OCH3 is 1. The Morgan fingerprint density at radius 3 is 2.58 bits per heavy atom. The number of hydrogen-bond acceptors (Lipinski definition) is 2. The van der Waals surface area contributed by atoms with Gasteiger partial charge in [-0.05, 0) is 37.6 Å².